The Balaban J connectivity index is 1.81. The first kappa shape index (κ1) is 42.3. The number of ether oxygens (including phenoxy) is 4. The van der Waals surface area contributed by atoms with Crippen molar-refractivity contribution in [2.45, 2.75) is 129 Å². The van der Waals surface area contributed by atoms with Crippen LogP contribution in [-0.2, 0) is 28.5 Å². The minimum atomic E-state index is -1.29. The number of likely N-dealkylation sites (N-methyl/N-ethyl adjacent to an activating group) is 1. The Morgan fingerprint density at radius 1 is 1.20 bits per heavy atom. The fourth-order valence-corrected chi connectivity index (χ4v) is 7.29. The molecule has 3 N–H and O–H groups in total. The van der Waals surface area contributed by atoms with Gasteiger partial charge in [-0.1, -0.05) is 52.0 Å². The van der Waals surface area contributed by atoms with Gasteiger partial charge >= 0.3 is 11.9 Å². The number of nitrogens with zero attached hydrogens (tertiary/aromatic N) is 2. The number of hydrogen-bond donors (Lipinski definition) is 3. The largest absolute Gasteiger partial charge is 0.457 e. The van der Waals surface area contributed by atoms with Crippen LogP contribution in [-0.4, -0.2) is 133 Å². The van der Waals surface area contributed by atoms with Gasteiger partial charge in [-0.25, -0.2) is 0 Å². The van der Waals surface area contributed by atoms with Crippen LogP contribution < -0.4 is 5.32 Å². The van der Waals surface area contributed by atoms with Crippen LogP contribution in [0.4, 0.5) is 0 Å². The molecule has 11 nitrogen and oxygen atoms in total. The highest BCUT2D eigenvalue weighted by molar-refractivity contribution is 5.70. The number of carbonyl (C=O) groups is 2. The van der Waals surface area contributed by atoms with E-state index in [1.54, 1.807) is 33.1 Å². The maximum atomic E-state index is 13.1. The minimum absolute atomic E-state index is 0.0274. The molecule has 0 radical (unpaired) electrons. The van der Waals surface area contributed by atoms with Crippen LogP contribution in [0.5, 0.6) is 0 Å². The number of aliphatic hydroxyl groups is 2. The summed E-state index contributed by atoms with van der Waals surface area (Å²) in [6.07, 6.45) is 9.49. The lowest BCUT2D eigenvalue weighted by Gasteiger charge is -2.34. The maximum absolute atomic E-state index is 13.1. The zero-order valence-electron chi connectivity index (χ0n) is 32.4. The van der Waals surface area contributed by atoms with E-state index < -0.39 is 29.4 Å². The van der Waals surface area contributed by atoms with Gasteiger partial charge in [-0.2, -0.15) is 0 Å². The second-order valence-corrected chi connectivity index (χ2v) is 15.6. The zero-order valence-corrected chi connectivity index (χ0v) is 32.4. The Morgan fingerprint density at radius 2 is 1.88 bits per heavy atom. The summed E-state index contributed by atoms with van der Waals surface area (Å²) >= 11 is 0. The molecule has 3 unspecified atom stereocenters. The van der Waals surface area contributed by atoms with Crippen LogP contribution in [0.15, 0.2) is 36.0 Å². The number of allylic oxidation sites excluding steroid dienone is 2. The number of piperazine rings is 1. The molecule has 0 bridgehead atoms. The molecule has 0 saturated carbocycles. The van der Waals surface area contributed by atoms with E-state index in [-0.39, 0.29) is 54.5 Å². The van der Waals surface area contributed by atoms with Gasteiger partial charge in [0.1, 0.15) is 23.9 Å². The predicted molar refractivity (Wildman–Crippen MR) is 196 cm³/mol. The molecule has 3 aliphatic heterocycles. The molecule has 0 aliphatic carbocycles. The van der Waals surface area contributed by atoms with Crippen molar-refractivity contribution in [2.24, 2.45) is 17.8 Å². The van der Waals surface area contributed by atoms with Crippen molar-refractivity contribution >= 4 is 11.9 Å². The number of esters is 2. The first-order valence-corrected chi connectivity index (χ1v) is 18.7. The lowest BCUT2D eigenvalue weighted by Crippen LogP contribution is -2.54. The zero-order chi connectivity index (χ0) is 37.2. The third-order valence-corrected chi connectivity index (χ3v) is 10.8. The molecule has 0 amide bonds. The Bertz CT molecular complexity index is 1170. The second-order valence-electron chi connectivity index (χ2n) is 15.6. The molecular formula is C39H67N3O8. The highest BCUT2D eigenvalue weighted by atomic mass is 16.6. The Hall–Kier alpha value is -2.12. The van der Waals surface area contributed by atoms with Gasteiger partial charge in [-0.05, 0) is 64.6 Å². The number of rotatable bonds is 14. The topological polar surface area (TPSA) is 133 Å². The number of epoxide rings is 1. The molecular weight excluding hydrogens is 638 g/mol. The highest BCUT2D eigenvalue weighted by Crippen LogP contribution is 2.39. The molecule has 3 heterocycles. The lowest BCUT2D eigenvalue weighted by atomic mass is 9.86. The number of methoxy groups -OCH3 is 1. The summed E-state index contributed by atoms with van der Waals surface area (Å²) in [4.78, 5) is 29.7. The summed E-state index contributed by atoms with van der Waals surface area (Å²) < 4.78 is 23.5. The van der Waals surface area contributed by atoms with Crippen molar-refractivity contribution in [1.82, 2.24) is 15.1 Å². The molecule has 2 fully saturated rings. The van der Waals surface area contributed by atoms with E-state index in [9.17, 15) is 19.8 Å². The highest BCUT2D eigenvalue weighted by Gasteiger charge is 2.54. The van der Waals surface area contributed by atoms with Crippen LogP contribution >= 0.6 is 0 Å². The van der Waals surface area contributed by atoms with E-state index in [0.29, 0.717) is 12.8 Å². The van der Waals surface area contributed by atoms with Gasteiger partial charge in [0, 0.05) is 71.6 Å². The van der Waals surface area contributed by atoms with Gasteiger partial charge in [0.25, 0.3) is 0 Å². The second kappa shape index (κ2) is 19.1. The maximum Gasteiger partial charge on any atom is 0.306 e. The number of hydrogen-bond acceptors (Lipinski definition) is 11. The average molecular weight is 706 g/mol. The molecule has 0 aromatic rings. The standard InChI is InChI=1S/C39H67N3O8/c1-11-31(47-10)29(5)35-36(50-35)37(40-19-20-42-23-21-41(9)22-24-42)39(8,46)17-12-13-27(3)34-28(4)14-15-32(48-30(6)43)38(7,45)18-16-26(2)25-33(44)49-34/h12-15,17,26,28-29,31-32,34-37,40,45-46H,11,16,18-25H2,1-10H3/b15-14+,17-12+,27-13+/t26-,28+,29-,31+,32+,34?,35-,36+,37?,38-,39?/m1/s1. The first-order valence-electron chi connectivity index (χ1n) is 18.7. The van der Waals surface area contributed by atoms with Crippen LogP contribution in [0.1, 0.15) is 81.1 Å². The van der Waals surface area contributed by atoms with Gasteiger partial charge < -0.3 is 39.4 Å². The van der Waals surface area contributed by atoms with Crippen LogP contribution in [0.25, 0.3) is 0 Å². The van der Waals surface area contributed by atoms with E-state index in [0.717, 1.165) is 51.3 Å². The molecule has 50 heavy (non-hydrogen) atoms. The van der Waals surface area contributed by atoms with Crippen molar-refractivity contribution in [2.75, 3.05) is 53.4 Å². The van der Waals surface area contributed by atoms with Crippen molar-refractivity contribution in [1.29, 1.82) is 0 Å². The van der Waals surface area contributed by atoms with Crippen molar-refractivity contribution in [3.05, 3.63) is 36.0 Å². The SMILES string of the molecule is CC[C@H](OC)[C@@H](C)[C@H]1O[C@@H]1C(NCCN1CCN(C)CC1)C(C)(O)/C=C/C=C(\C)C1OC(=O)C[C@H](C)CC[C@@](C)(O)[C@@H](OC(C)=O)/C=C/[C@@H]1C. The van der Waals surface area contributed by atoms with Gasteiger partial charge in [-0.15, -0.1) is 0 Å². The van der Waals surface area contributed by atoms with E-state index in [1.807, 2.05) is 39.0 Å². The summed E-state index contributed by atoms with van der Waals surface area (Å²) in [7, 11) is 3.89. The smallest absolute Gasteiger partial charge is 0.306 e. The van der Waals surface area contributed by atoms with Gasteiger partial charge in [0.05, 0.1) is 23.9 Å². The molecule has 11 atom stereocenters. The molecule has 286 valence electrons. The molecule has 2 saturated heterocycles. The third kappa shape index (κ3) is 12.5. The van der Waals surface area contributed by atoms with E-state index in [1.165, 1.54) is 6.92 Å². The van der Waals surface area contributed by atoms with E-state index in [4.69, 9.17) is 18.9 Å². The first-order chi connectivity index (χ1) is 23.5. The molecule has 0 spiro atoms. The van der Waals surface area contributed by atoms with Crippen LogP contribution in [0.2, 0.25) is 0 Å². The fourth-order valence-electron chi connectivity index (χ4n) is 7.29. The lowest BCUT2D eigenvalue weighted by molar-refractivity contribution is -0.156. The molecule has 3 aliphatic rings. The molecule has 0 aromatic carbocycles. The van der Waals surface area contributed by atoms with Crippen molar-refractivity contribution < 1.29 is 38.7 Å². The number of carbonyl (C=O) groups excluding carboxylic acids is 2. The number of cyclic esters (lactones) is 1. The molecule has 3 rings (SSSR count). The monoisotopic (exact) mass is 705 g/mol. The number of nitrogens with one attached hydrogen (secondary N) is 1. The van der Waals surface area contributed by atoms with Crippen molar-refractivity contribution in [3.63, 3.8) is 0 Å². The normalized spacial score (nSPS) is 34.5. The van der Waals surface area contributed by atoms with Crippen LogP contribution in [0.3, 0.4) is 0 Å². The van der Waals surface area contributed by atoms with Gasteiger partial charge in [-0.3, -0.25) is 14.5 Å². The minimum Gasteiger partial charge on any atom is -0.457 e. The Labute approximate surface area is 301 Å². The Kier molecular flexibility index (Phi) is 16.2. The van der Waals surface area contributed by atoms with Gasteiger partial charge in [0.2, 0.25) is 0 Å². The molecule has 0 aromatic heterocycles. The quantitative estimate of drug-likeness (QED) is 0.105. The fraction of sp³-hybridized carbons (Fsp3) is 0.795. The van der Waals surface area contributed by atoms with E-state index in [2.05, 4.69) is 36.0 Å². The van der Waals surface area contributed by atoms with Crippen LogP contribution in [0, 0.1) is 17.8 Å². The summed E-state index contributed by atoms with van der Waals surface area (Å²) in [5.41, 5.74) is -1.74. The Morgan fingerprint density at radius 3 is 2.50 bits per heavy atom. The van der Waals surface area contributed by atoms with E-state index >= 15 is 0 Å². The molecule has 11 heteroatoms. The summed E-state index contributed by atoms with van der Waals surface area (Å²) in [5.74, 6) is -0.918. The van der Waals surface area contributed by atoms with Gasteiger partial charge in [0.15, 0.2) is 0 Å². The summed E-state index contributed by atoms with van der Waals surface area (Å²) in [6.45, 7) is 20.6. The average Bonchev–Trinajstić information content (AvgIpc) is 3.83. The predicted octanol–water partition coefficient (Wildman–Crippen LogP) is 3.88. The third-order valence-electron chi connectivity index (χ3n) is 10.8. The summed E-state index contributed by atoms with van der Waals surface area (Å²) in [5, 5.41) is 26.8. The summed E-state index contributed by atoms with van der Waals surface area (Å²) in [6, 6.07) is -0.352. The van der Waals surface area contributed by atoms with Crippen molar-refractivity contribution in [3.8, 4) is 0 Å².